The summed E-state index contributed by atoms with van der Waals surface area (Å²) >= 11 is 0. The van der Waals surface area contributed by atoms with Crippen LogP contribution in [0.2, 0.25) is 0 Å². The lowest BCUT2D eigenvalue weighted by Gasteiger charge is -2.19. The molecule has 1 heterocycles. The van der Waals surface area contributed by atoms with E-state index in [1.165, 1.54) is 18.2 Å². The number of benzene rings is 4. The van der Waals surface area contributed by atoms with Crippen LogP contribution in [0.15, 0.2) is 94.1 Å². The fraction of sp³-hybridized carbons (Fsp3) is 0.0333. The van der Waals surface area contributed by atoms with E-state index >= 15 is 0 Å². The molecule has 1 aliphatic carbocycles. The number of hydrogen-bond donors (Lipinski definition) is 3. The van der Waals surface area contributed by atoms with E-state index < -0.39 is 17.3 Å². The maximum atomic E-state index is 12.4. The van der Waals surface area contributed by atoms with Gasteiger partial charge < -0.3 is 19.7 Å². The summed E-state index contributed by atoms with van der Waals surface area (Å²) in [7, 11) is 0. The van der Waals surface area contributed by atoms with Crippen molar-refractivity contribution in [3.63, 3.8) is 0 Å². The van der Waals surface area contributed by atoms with Crippen molar-refractivity contribution in [2.45, 2.75) is 6.92 Å². The first kappa shape index (κ1) is 23.6. The highest BCUT2D eigenvalue weighted by molar-refractivity contribution is 6.30. The largest absolute Gasteiger partial charge is 0.508 e. The number of phenols is 3. The van der Waals surface area contributed by atoms with Crippen LogP contribution >= 0.6 is 0 Å². The van der Waals surface area contributed by atoms with Crippen molar-refractivity contribution in [3.8, 4) is 28.6 Å². The van der Waals surface area contributed by atoms with Gasteiger partial charge in [-0.3, -0.25) is 14.4 Å². The van der Waals surface area contributed by atoms with E-state index in [1.54, 1.807) is 13.0 Å². The van der Waals surface area contributed by atoms with E-state index in [2.05, 4.69) is 0 Å². The molecule has 1 aromatic heterocycles. The smallest absolute Gasteiger partial charge is 0.201 e. The number of aryl methyl sites for hydroxylation is 1. The minimum absolute atomic E-state index is 0.00861. The zero-order chi connectivity index (χ0) is 26.3. The van der Waals surface area contributed by atoms with Crippen molar-refractivity contribution in [2.24, 2.45) is 0 Å². The molecule has 37 heavy (non-hydrogen) atoms. The molecule has 0 unspecified atom stereocenters. The summed E-state index contributed by atoms with van der Waals surface area (Å²) < 4.78 is 5.73. The summed E-state index contributed by atoms with van der Waals surface area (Å²) in [5.41, 5.74) is 1.86. The first-order valence-corrected chi connectivity index (χ1v) is 11.3. The van der Waals surface area contributed by atoms with E-state index in [-0.39, 0.29) is 39.2 Å². The van der Waals surface area contributed by atoms with Gasteiger partial charge in [0, 0.05) is 28.8 Å². The van der Waals surface area contributed by atoms with Crippen LogP contribution in [-0.4, -0.2) is 26.9 Å². The molecule has 0 aliphatic heterocycles. The van der Waals surface area contributed by atoms with Gasteiger partial charge in [-0.25, -0.2) is 0 Å². The lowest BCUT2D eigenvalue weighted by molar-refractivity contribution is 0.0974. The lowest BCUT2D eigenvalue weighted by Crippen LogP contribution is -2.21. The van der Waals surface area contributed by atoms with Gasteiger partial charge in [0.25, 0.3) is 0 Å². The number of carbonyl (C=O) groups excluding carboxylic acids is 2. The number of hydrogen-bond acceptors (Lipinski definition) is 7. The summed E-state index contributed by atoms with van der Waals surface area (Å²) in [4.78, 5) is 36.7. The third-order valence-electron chi connectivity index (χ3n) is 6.00. The van der Waals surface area contributed by atoms with Crippen LogP contribution in [0.4, 0.5) is 0 Å². The predicted octanol–water partition coefficient (Wildman–Crippen LogP) is 5.35. The molecule has 182 valence electrons. The molecule has 6 rings (SSSR count). The molecule has 0 atom stereocenters. The number of fused-ring (bicyclic) bond motifs is 3. The Balaban J connectivity index is 0.000000153. The van der Waals surface area contributed by atoms with E-state index in [0.29, 0.717) is 22.3 Å². The van der Waals surface area contributed by atoms with Crippen molar-refractivity contribution in [2.75, 3.05) is 0 Å². The van der Waals surface area contributed by atoms with Gasteiger partial charge in [-0.05, 0) is 42.8 Å². The lowest BCUT2D eigenvalue weighted by atomic mass is 9.82. The highest BCUT2D eigenvalue weighted by atomic mass is 16.3. The second-order valence-electron chi connectivity index (χ2n) is 8.59. The Labute approximate surface area is 210 Å². The zero-order valence-corrected chi connectivity index (χ0v) is 19.6. The van der Waals surface area contributed by atoms with Crippen LogP contribution in [0, 0.1) is 6.92 Å². The molecular weight excluding hydrogens is 472 g/mol. The Morgan fingerprint density at radius 3 is 2.00 bits per heavy atom. The van der Waals surface area contributed by atoms with Crippen LogP contribution in [0.25, 0.3) is 22.3 Å². The maximum Gasteiger partial charge on any atom is 0.201 e. The second kappa shape index (κ2) is 9.13. The molecular formula is C30H20O7. The molecule has 7 nitrogen and oxygen atoms in total. The second-order valence-corrected chi connectivity index (χ2v) is 8.59. The summed E-state index contributed by atoms with van der Waals surface area (Å²) in [6, 6.07) is 23.4. The monoisotopic (exact) mass is 492 g/mol. The highest BCUT2D eigenvalue weighted by Gasteiger charge is 2.34. The third kappa shape index (κ3) is 4.23. The number of ketones is 2. The molecule has 0 bridgehead atoms. The standard InChI is InChI=1S/C15H10O5.C15H10O2/c1-6-2-8-12(10(17)3-6)15(20)13-9(14(8)19)4-7(16)5-11(13)18;16-13-10-15(11-6-2-1-3-7-11)17-14-9-5-4-8-12(13)14/h2-5,16-18H,1H3;1-10H. The summed E-state index contributed by atoms with van der Waals surface area (Å²) in [5, 5.41) is 29.7. The molecule has 0 spiro atoms. The first-order chi connectivity index (χ1) is 17.7. The van der Waals surface area contributed by atoms with Crippen molar-refractivity contribution in [3.05, 3.63) is 123 Å². The highest BCUT2D eigenvalue weighted by Crippen LogP contribution is 2.39. The van der Waals surface area contributed by atoms with Gasteiger partial charge in [-0.15, -0.1) is 0 Å². The van der Waals surface area contributed by atoms with Crippen LogP contribution in [0.1, 0.15) is 37.4 Å². The molecule has 7 heteroatoms. The van der Waals surface area contributed by atoms with Gasteiger partial charge in [0.2, 0.25) is 5.78 Å². The summed E-state index contributed by atoms with van der Waals surface area (Å²) in [6.45, 7) is 1.69. The Kier molecular flexibility index (Phi) is 5.81. The fourth-order valence-electron chi connectivity index (χ4n) is 4.33. The van der Waals surface area contributed by atoms with Crippen molar-refractivity contribution < 1.29 is 29.3 Å². The van der Waals surface area contributed by atoms with E-state index in [4.69, 9.17) is 4.42 Å². The third-order valence-corrected chi connectivity index (χ3v) is 6.00. The van der Waals surface area contributed by atoms with Crippen molar-refractivity contribution in [1.29, 1.82) is 0 Å². The SMILES string of the molecule is Cc1cc(O)c2c(c1)C(=O)c1cc(O)cc(O)c1C2=O.O=c1cc(-c2ccccc2)oc2ccccc12. The summed E-state index contributed by atoms with van der Waals surface area (Å²) in [5.74, 6) is -1.62. The number of carbonyl (C=O) groups is 2. The van der Waals surface area contributed by atoms with Gasteiger partial charge in [0.05, 0.1) is 16.5 Å². The van der Waals surface area contributed by atoms with E-state index in [9.17, 15) is 29.7 Å². The Bertz CT molecular complexity index is 1700. The maximum absolute atomic E-state index is 12.4. The van der Waals surface area contributed by atoms with Gasteiger partial charge in [0.1, 0.15) is 28.6 Å². The van der Waals surface area contributed by atoms with Crippen LogP contribution in [-0.2, 0) is 0 Å². The molecule has 0 radical (unpaired) electrons. The molecule has 5 aromatic rings. The normalized spacial score (nSPS) is 11.9. The topological polar surface area (TPSA) is 125 Å². The van der Waals surface area contributed by atoms with Crippen molar-refractivity contribution >= 4 is 22.5 Å². The molecule has 1 aliphatic rings. The fourth-order valence-corrected chi connectivity index (χ4v) is 4.33. The van der Waals surface area contributed by atoms with Gasteiger partial charge in [-0.2, -0.15) is 0 Å². The average molecular weight is 492 g/mol. The van der Waals surface area contributed by atoms with Crippen LogP contribution < -0.4 is 5.43 Å². The average Bonchev–Trinajstić information content (AvgIpc) is 2.87. The Morgan fingerprint density at radius 1 is 0.649 bits per heavy atom. The quantitative estimate of drug-likeness (QED) is 0.283. The zero-order valence-electron chi connectivity index (χ0n) is 19.6. The Morgan fingerprint density at radius 2 is 1.27 bits per heavy atom. The first-order valence-electron chi connectivity index (χ1n) is 11.3. The van der Waals surface area contributed by atoms with E-state index in [0.717, 1.165) is 17.7 Å². The molecule has 0 saturated carbocycles. The minimum Gasteiger partial charge on any atom is -0.508 e. The number of phenolic OH excluding ortho intramolecular Hbond substituents is 3. The van der Waals surface area contributed by atoms with Crippen LogP contribution in [0.3, 0.4) is 0 Å². The molecule has 0 amide bonds. The van der Waals surface area contributed by atoms with Crippen LogP contribution in [0.5, 0.6) is 17.2 Å². The molecule has 0 saturated heterocycles. The van der Waals surface area contributed by atoms with Gasteiger partial charge in [-0.1, -0.05) is 42.5 Å². The van der Waals surface area contributed by atoms with Gasteiger partial charge >= 0.3 is 0 Å². The van der Waals surface area contributed by atoms with Gasteiger partial charge in [0.15, 0.2) is 11.2 Å². The number of aromatic hydroxyl groups is 3. The minimum atomic E-state index is -0.635. The molecule has 3 N–H and O–H groups in total. The van der Waals surface area contributed by atoms with E-state index in [1.807, 2.05) is 48.5 Å². The van der Waals surface area contributed by atoms with Crippen molar-refractivity contribution in [1.82, 2.24) is 0 Å². The Hall–Kier alpha value is -5.17. The molecule has 4 aromatic carbocycles. The predicted molar refractivity (Wildman–Crippen MR) is 137 cm³/mol. The number of rotatable bonds is 1. The molecule has 0 fully saturated rings. The number of para-hydroxylation sites is 1. The summed E-state index contributed by atoms with van der Waals surface area (Å²) in [6.07, 6.45) is 0.